The number of halogens is 1. The maximum absolute atomic E-state index is 13.5. The van der Waals surface area contributed by atoms with Gasteiger partial charge in [-0.15, -0.1) is 0 Å². The van der Waals surface area contributed by atoms with E-state index >= 15 is 0 Å². The van der Waals surface area contributed by atoms with Crippen molar-refractivity contribution in [1.82, 2.24) is 4.98 Å². The van der Waals surface area contributed by atoms with E-state index in [1.54, 1.807) is 48.5 Å². The van der Waals surface area contributed by atoms with Gasteiger partial charge in [0.1, 0.15) is 17.1 Å². The van der Waals surface area contributed by atoms with Crippen molar-refractivity contribution in [3.8, 4) is 22.8 Å². The van der Waals surface area contributed by atoms with Crippen LogP contribution in [0.1, 0.15) is 10.6 Å². The number of nitrogens with zero attached hydrogens (tertiary/aromatic N) is 2. The van der Waals surface area contributed by atoms with Crippen LogP contribution in [0.5, 0.6) is 0 Å². The van der Waals surface area contributed by atoms with Gasteiger partial charge in [0.05, 0.1) is 10.5 Å². The minimum Gasteiger partial charge on any atom is -0.451 e. The smallest absolute Gasteiger partial charge is 0.291 e. The summed E-state index contributed by atoms with van der Waals surface area (Å²) in [7, 11) is 0. The molecule has 0 saturated carbocycles. The number of carbonyl (C=O) groups excluding carboxylic acids is 1. The van der Waals surface area contributed by atoms with Gasteiger partial charge in [-0.2, -0.15) is 0 Å². The summed E-state index contributed by atoms with van der Waals surface area (Å²) < 4.78 is 24.7. The highest BCUT2D eigenvalue weighted by Gasteiger charge is 2.19. The van der Waals surface area contributed by atoms with Gasteiger partial charge in [-0.05, 0) is 54.6 Å². The molecule has 0 aliphatic carbocycles. The van der Waals surface area contributed by atoms with Crippen molar-refractivity contribution in [3.63, 3.8) is 0 Å². The number of oxazole rings is 1. The molecule has 1 N–H and O–H groups in total. The highest BCUT2D eigenvalue weighted by atomic mass is 19.1. The van der Waals surface area contributed by atoms with Crippen LogP contribution < -0.4 is 5.32 Å². The number of hydrogen-bond acceptors (Lipinski definition) is 6. The van der Waals surface area contributed by atoms with Crippen LogP contribution in [-0.4, -0.2) is 15.8 Å². The highest BCUT2D eigenvalue weighted by molar-refractivity contribution is 6.03. The number of amides is 1. The molecule has 2 heterocycles. The summed E-state index contributed by atoms with van der Waals surface area (Å²) in [5.74, 6) is -0.481. The van der Waals surface area contributed by atoms with Crippen molar-refractivity contribution < 1.29 is 22.9 Å². The molecular weight excluding hydrogens is 429 g/mol. The normalized spacial score (nSPS) is 10.9. The largest absolute Gasteiger partial charge is 0.451 e. The molecule has 5 aromatic rings. The summed E-state index contributed by atoms with van der Waals surface area (Å²) >= 11 is 0. The second kappa shape index (κ2) is 8.04. The maximum atomic E-state index is 13.5. The molecule has 0 unspecified atom stereocenters. The second-order valence-electron chi connectivity index (χ2n) is 7.10. The van der Waals surface area contributed by atoms with Crippen LogP contribution in [0.4, 0.5) is 15.8 Å². The average molecular weight is 443 g/mol. The van der Waals surface area contributed by atoms with E-state index in [0.29, 0.717) is 22.4 Å². The quantitative estimate of drug-likeness (QED) is 0.261. The van der Waals surface area contributed by atoms with Crippen LogP contribution in [0, 0.1) is 15.9 Å². The fourth-order valence-corrected chi connectivity index (χ4v) is 3.39. The van der Waals surface area contributed by atoms with Crippen LogP contribution in [0.25, 0.3) is 33.9 Å². The minimum atomic E-state index is -0.534. The van der Waals surface area contributed by atoms with Crippen molar-refractivity contribution in [2.75, 3.05) is 5.32 Å². The Morgan fingerprint density at radius 2 is 1.82 bits per heavy atom. The minimum absolute atomic E-state index is 0.0103. The molecule has 2 aromatic heterocycles. The Labute approximate surface area is 185 Å². The molecule has 0 aliphatic rings. The summed E-state index contributed by atoms with van der Waals surface area (Å²) in [4.78, 5) is 27.8. The van der Waals surface area contributed by atoms with Gasteiger partial charge in [-0.1, -0.05) is 18.2 Å². The highest BCUT2D eigenvalue weighted by Crippen LogP contribution is 2.31. The van der Waals surface area contributed by atoms with E-state index in [1.807, 2.05) is 0 Å². The number of nitro groups is 1. The molecule has 0 radical (unpaired) electrons. The Hall–Kier alpha value is -4.79. The number of rotatable bonds is 5. The van der Waals surface area contributed by atoms with E-state index in [2.05, 4.69) is 10.3 Å². The van der Waals surface area contributed by atoms with Gasteiger partial charge in [0, 0.05) is 17.3 Å². The van der Waals surface area contributed by atoms with Gasteiger partial charge < -0.3 is 14.2 Å². The first kappa shape index (κ1) is 20.1. The number of furan rings is 1. The molecule has 0 aliphatic heterocycles. The van der Waals surface area contributed by atoms with E-state index in [0.717, 1.165) is 0 Å². The predicted molar refractivity (Wildman–Crippen MR) is 118 cm³/mol. The Morgan fingerprint density at radius 3 is 2.64 bits per heavy atom. The van der Waals surface area contributed by atoms with Crippen LogP contribution in [0.3, 0.4) is 0 Å². The zero-order chi connectivity index (χ0) is 22.9. The third-order valence-corrected chi connectivity index (χ3v) is 4.91. The Balaban J connectivity index is 1.38. The van der Waals surface area contributed by atoms with Gasteiger partial charge in [0.2, 0.25) is 5.89 Å². The monoisotopic (exact) mass is 443 g/mol. The molecule has 8 nitrogen and oxygen atoms in total. The number of hydrogen-bond donors (Lipinski definition) is 1. The van der Waals surface area contributed by atoms with Gasteiger partial charge in [0.15, 0.2) is 11.3 Å². The fraction of sp³-hybridized carbons (Fsp3) is 0. The number of para-hydroxylation sites is 1. The number of carbonyl (C=O) groups is 1. The van der Waals surface area contributed by atoms with Crippen molar-refractivity contribution in [2.24, 2.45) is 0 Å². The lowest BCUT2D eigenvalue weighted by Gasteiger charge is -2.03. The van der Waals surface area contributed by atoms with Crippen molar-refractivity contribution in [1.29, 1.82) is 0 Å². The molecule has 9 heteroatoms. The molecule has 0 fully saturated rings. The summed E-state index contributed by atoms with van der Waals surface area (Å²) in [6.45, 7) is 0. The summed E-state index contributed by atoms with van der Waals surface area (Å²) in [6, 6.07) is 19.8. The molecule has 0 spiro atoms. The first-order chi connectivity index (χ1) is 16.0. The Morgan fingerprint density at radius 1 is 0.970 bits per heavy atom. The van der Waals surface area contributed by atoms with Crippen LogP contribution >= 0.6 is 0 Å². The first-order valence-electron chi connectivity index (χ1n) is 9.79. The molecule has 0 atom stereocenters. The van der Waals surface area contributed by atoms with Gasteiger partial charge in [-0.3, -0.25) is 14.9 Å². The third-order valence-electron chi connectivity index (χ3n) is 4.91. The first-order valence-corrected chi connectivity index (χ1v) is 9.79. The predicted octanol–water partition coefficient (Wildman–Crippen LogP) is 6.05. The molecular formula is C24H14FN3O5. The zero-order valence-electron chi connectivity index (χ0n) is 16.8. The lowest BCUT2D eigenvalue weighted by atomic mass is 10.1. The molecule has 3 aromatic carbocycles. The molecule has 0 saturated heterocycles. The second-order valence-corrected chi connectivity index (χ2v) is 7.10. The van der Waals surface area contributed by atoms with E-state index in [-0.39, 0.29) is 28.7 Å². The van der Waals surface area contributed by atoms with Crippen molar-refractivity contribution in [2.45, 2.75) is 0 Å². The number of fused-ring (bicyclic) bond motifs is 1. The zero-order valence-corrected chi connectivity index (χ0v) is 16.8. The number of benzene rings is 3. The lowest BCUT2D eigenvalue weighted by Crippen LogP contribution is -2.10. The average Bonchev–Trinajstić information content (AvgIpc) is 3.46. The topological polar surface area (TPSA) is 111 Å². The maximum Gasteiger partial charge on any atom is 0.291 e. The summed E-state index contributed by atoms with van der Waals surface area (Å²) in [5.41, 5.74) is 2.04. The third kappa shape index (κ3) is 3.94. The number of anilines is 1. The van der Waals surface area contributed by atoms with Crippen molar-refractivity contribution in [3.05, 3.63) is 101 Å². The molecule has 5 rings (SSSR count). The van der Waals surface area contributed by atoms with Gasteiger partial charge in [0.25, 0.3) is 11.6 Å². The van der Waals surface area contributed by atoms with E-state index in [9.17, 15) is 19.3 Å². The number of aromatic nitrogens is 1. The van der Waals surface area contributed by atoms with E-state index in [1.165, 1.54) is 30.3 Å². The SMILES string of the molecule is O=C(Nc1ccc2oc(-c3cccc(F)c3)nc2c1)c1ccc(-c2ccccc2[N+](=O)[O-])o1. The summed E-state index contributed by atoms with van der Waals surface area (Å²) in [6.07, 6.45) is 0. The Bertz CT molecular complexity index is 1520. The van der Waals surface area contributed by atoms with E-state index < -0.39 is 16.6 Å². The van der Waals surface area contributed by atoms with Crippen LogP contribution in [0.15, 0.2) is 87.7 Å². The fourth-order valence-electron chi connectivity index (χ4n) is 3.39. The Kier molecular flexibility index (Phi) is 4.91. The number of nitrogens with one attached hydrogen (secondary N) is 1. The lowest BCUT2D eigenvalue weighted by molar-refractivity contribution is -0.384. The van der Waals surface area contributed by atoms with Gasteiger partial charge in [-0.25, -0.2) is 9.37 Å². The standard InChI is InChI=1S/C24H14FN3O5/c25-15-5-3-4-14(12-15)24-27-18-13-16(8-9-21(18)33-24)26-23(29)22-11-10-20(32-22)17-6-1-2-7-19(17)28(30)31/h1-13H,(H,26,29). The summed E-state index contributed by atoms with van der Waals surface area (Å²) in [5, 5.41) is 13.9. The van der Waals surface area contributed by atoms with Crippen molar-refractivity contribution >= 4 is 28.4 Å². The number of nitro benzene ring substituents is 1. The molecule has 33 heavy (non-hydrogen) atoms. The van der Waals surface area contributed by atoms with E-state index in [4.69, 9.17) is 8.83 Å². The molecule has 0 bridgehead atoms. The van der Waals surface area contributed by atoms with Gasteiger partial charge >= 0.3 is 0 Å². The molecule has 162 valence electrons. The van der Waals surface area contributed by atoms with Crippen LogP contribution in [0.2, 0.25) is 0 Å². The molecule has 1 amide bonds. The van der Waals surface area contributed by atoms with Crippen LogP contribution in [-0.2, 0) is 0 Å².